The molecule has 0 saturated heterocycles. The number of carbonyl (C=O) groups excluding carboxylic acids is 2. The van der Waals surface area contributed by atoms with E-state index in [9.17, 15) is 18.0 Å². The summed E-state index contributed by atoms with van der Waals surface area (Å²) < 4.78 is 26.5. The number of hydrogen-bond acceptors (Lipinski definition) is 5. The number of hydrogen-bond donors (Lipinski definition) is 3. The van der Waals surface area contributed by atoms with Crippen molar-refractivity contribution in [3.8, 4) is 0 Å². The summed E-state index contributed by atoms with van der Waals surface area (Å²) in [6.45, 7) is 1.74. The first-order chi connectivity index (χ1) is 14.1. The molecule has 0 fully saturated rings. The molecule has 3 aromatic rings. The van der Waals surface area contributed by atoms with Crippen molar-refractivity contribution < 1.29 is 18.0 Å². The third kappa shape index (κ3) is 5.51. The van der Waals surface area contributed by atoms with Crippen molar-refractivity contribution in [1.82, 2.24) is 4.72 Å². The summed E-state index contributed by atoms with van der Waals surface area (Å²) in [5, 5.41) is 5.66. The average molecular weight is 484 g/mol. The summed E-state index contributed by atoms with van der Waals surface area (Å²) in [7, 11) is -4.02. The Bertz CT molecular complexity index is 1230. The smallest absolute Gasteiger partial charge is 0.322 e. The van der Waals surface area contributed by atoms with Gasteiger partial charge in [0.1, 0.15) is 4.21 Å². The van der Waals surface area contributed by atoms with Crippen molar-refractivity contribution in [1.29, 1.82) is 0 Å². The van der Waals surface area contributed by atoms with E-state index in [1.54, 1.807) is 43.3 Å². The molecular weight excluding hydrogens is 469 g/mol. The molecule has 3 N–H and O–H groups in total. The number of sulfonamides is 1. The van der Waals surface area contributed by atoms with Gasteiger partial charge in [-0.1, -0.05) is 29.3 Å². The highest BCUT2D eigenvalue weighted by Gasteiger charge is 2.20. The number of carbonyl (C=O) groups is 2. The number of nitrogens with one attached hydrogen (secondary N) is 3. The van der Waals surface area contributed by atoms with Gasteiger partial charge in [0, 0.05) is 22.0 Å². The van der Waals surface area contributed by atoms with E-state index in [1.165, 1.54) is 18.2 Å². The Labute approximate surface area is 187 Å². The van der Waals surface area contributed by atoms with Gasteiger partial charge in [0.15, 0.2) is 0 Å². The van der Waals surface area contributed by atoms with Crippen molar-refractivity contribution in [2.45, 2.75) is 11.1 Å². The van der Waals surface area contributed by atoms with Crippen molar-refractivity contribution in [2.75, 3.05) is 10.6 Å². The Morgan fingerprint density at radius 2 is 1.73 bits per heavy atom. The van der Waals surface area contributed by atoms with Crippen LogP contribution in [-0.2, 0) is 10.0 Å². The van der Waals surface area contributed by atoms with Gasteiger partial charge >= 0.3 is 6.03 Å². The van der Waals surface area contributed by atoms with Crippen LogP contribution < -0.4 is 15.4 Å². The highest BCUT2D eigenvalue weighted by atomic mass is 35.5. The van der Waals surface area contributed by atoms with Gasteiger partial charge in [0.2, 0.25) is 0 Å². The standard InChI is InChI=1S/C19H15Cl2N3O4S2/c1-11-9-14(22-19(26)24-30(27,28)17-8-7-16(21)29-17)5-6-15(11)23-18(25)12-3-2-4-13(20)10-12/h2-10H,1H3,(H,23,25)(H2,22,24,26). The molecule has 7 nitrogen and oxygen atoms in total. The van der Waals surface area contributed by atoms with Crippen LogP contribution >= 0.6 is 34.5 Å². The van der Waals surface area contributed by atoms with Crippen LogP contribution in [0.15, 0.2) is 58.8 Å². The molecule has 3 rings (SSSR count). The third-order valence-electron chi connectivity index (χ3n) is 3.86. The van der Waals surface area contributed by atoms with E-state index in [4.69, 9.17) is 23.2 Å². The fourth-order valence-corrected chi connectivity index (χ4v) is 5.06. The molecule has 30 heavy (non-hydrogen) atoms. The van der Waals surface area contributed by atoms with Crippen LogP contribution in [0, 0.1) is 6.92 Å². The molecular formula is C19H15Cl2N3O4S2. The fraction of sp³-hybridized carbons (Fsp3) is 0.0526. The first-order valence-electron chi connectivity index (χ1n) is 8.41. The Morgan fingerprint density at radius 1 is 0.967 bits per heavy atom. The second-order valence-electron chi connectivity index (χ2n) is 6.11. The zero-order chi connectivity index (χ0) is 21.9. The lowest BCUT2D eigenvalue weighted by atomic mass is 10.1. The molecule has 0 aliphatic heterocycles. The van der Waals surface area contributed by atoms with E-state index in [0.717, 1.165) is 11.3 Å². The fourth-order valence-electron chi connectivity index (χ4n) is 2.48. The van der Waals surface area contributed by atoms with Gasteiger partial charge in [0.05, 0.1) is 4.34 Å². The minimum atomic E-state index is -4.02. The quantitative estimate of drug-likeness (QED) is 0.467. The number of halogens is 2. The normalized spacial score (nSPS) is 11.0. The first-order valence-corrected chi connectivity index (χ1v) is 11.5. The number of rotatable bonds is 5. The van der Waals surface area contributed by atoms with Gasteiger partial charge in [-0.3, -0.25) is 4.79 Å². The largest absolute Gasteiger partial charge is 0.333 e. The Hall–Kier alpha value is -2.59. The number of urea groups is 1. The number of thiophene rings is 1. The van der Waals surface area contributed by atoms with Crippen LogP contribution in [0.4, 0.5) is 16.2 Å². The summed E-state index contributed by atoms with van der Waals surface area (Å²) in [6.07, 6.45) is 0. The lowest BCUT2D eigenvalue weighted by Gasteiger charge is -2.12. The van der Waals surface area contributed by atoms with Crippen molar-refractivity contribution >= 4 is 67.9 Å². The Kier molecular flexibility index (Phi) is 6.67. The highest BCUT2D eigenvalue weighted by molar-refractivity contribution is 7.92. The lowest BCUT2D eigenvalue weighted by Crippen LogP contribution is -2.33. The zero-order valence-corrected chi connectivity index (χ0v) is 18.5. The van der Waals surface area contributed by atoms with E-state index in [0.29, 0.717) is 31.9 Å². The molecule has 156 valence electrons. The highest BCUT2D eigenvalue weighted by Crippen LogP contribution is 2.25. The number of aryl methyl sites for hydroxylation is 1. The summed E-state index contributed by atoms with van der Waals surface area (Å²) in [5.74, 6) is -0.334. The van der Waals surface area contributed by atoms with Crippen molar-refractivity contribution in [3.63, 3.8) is 0 Å². The Morgan fingerprint density at radius 3 is 2.37 bits per heavy atom. The van der Waals surface area contributed by atoms with Crippen molar-refractivity contribution in [2.24, 2.45) is 0 Å². The molecule has 3 amide bonds. The van der Waals surface area contributed by atoms with E-state index >= 15 is 0 Å². The summed E-state index contributed by atoms with van der Waals surface area (Å²) >= 11 is 12.5. The minimum absolute atomic E-state index is 0.0714. The van der Waals surface area contributed by atoms with E-state index in [2.05, 4.69) is 10.6 Å². The number of anilines is 2. The summed E-state index contributed by atoms with van der Waals surface area (Å²) in [6, 6.07) is 13.1. The second-order valence-corrected chi connectivity index (χ2v) is 10.2. The van der Waals surface area contributed by atoms with E-state index in [-0.39, 0.29) is 10.1 Å². The van der Waals surface area contributed by atoms with Gasteiger partial charge in [-0.05, 0) is 61.0 Å². The van der Waals surface area contributed by atoms with Crippen LogP contribution in [0.5, 0.6) is 0 Å². The van der Waals surface area contributed by atoms with E-state index in [1.807, 2.05) is 4.72 Å². The number of amides is 3. The molecule has 0 saturated carbocycles. The zero-order valence-electron chi connectivity index (χ0n) is 15.4. The predicted molar refractivity (Wildman–Crippen MR) is 119 cm³/mol. The van der Waals surface area contributed by atoms with Crippen LogP contribution in [0.25, 0.3) is 0 Å². The summed E-state index contributed by atoms with van der Waals surface area (Å²) in [4.78, 5) is 24.4. The van der Waals surface area contributed by atoms with Gasteiger partial charge in [-0.2, -0.15) is 0 Å². The second kappa shape index (κ2) is 9.05. The lowest BCUT2D eigenvalue weighted by molar-refractivity contribution is 0.102. The van der Waals surface area contributed by atoms with Crippen LogP contribution in [0.3, 0.4) is 0 Å². The topological polar surface area (TPSA) is 104 Å². The van der Waals surface area contributed by atoms with Gasteiger partial charge in [-0.25, -0.2) is 17.9 Å². The van der Waals surface area contributed by atoms with Crippen LogP contribution in [0.2, 0.25) is 9.36 Å². The SMILES string of the molecule is Cc1cc(NC(=O)NS(=O)(=O)c2ccc(Cl)s2)ccc1NC(=O)c1cccc(Cl)c1. The predicted octanol–water partition coefficient (Wildman–Crippen LogP) is 5.13. The number of benzene rings is 2. The molecule has 0 atom stereocenters. The molecule has 0 bridgehead atoms. The minimum Gasteiger partial charge on any atom is -0.322 e. The monoisotopic (exact) mass is 483 g/mol. The maximum atomic E-state index is 12.3. The molecule has 0 radical (unpaired) electrons. The maximum absolute atomic E-state index is 12.3. The average Bonchev–Trinajstić information content (AvgIpc) is 3.11. The van der Waals surface area contributed by atoms with Gasteiger partial charge < -0.3 is 10.6 Å². The van der Waals surface area contributed by atoms with Crippen LogP contribution in [0.1, 0.15) is 15.9 Å². The van der Waals surface area contributed by atoms with Gasteiger partial charge in [-0.15, -0.1) is 11.3 Å². The molecule has 1 aromatic heterocycles. The van der Waals surface area contributed by atoms with Crippen molar-refractivity contribution in [3.05, 3.63) is 75.1 Å². The Balaban J connectivity index is 1.66. The molecule has 0 unspecified atom stereocenters. The molecule has 0 spiro atoms. The molecule has 0 aliphatic carbocycles. The first kappa shape index (κ1) is 22.1. The van der Waals surface area contributed by atoms with E-state index < -0.39 is 16.1 Å². The molecule has 2 aromatic carbocycles. The summed E-state index contributed by atoms with van der Waals surface area (Å²) in [5.41, 5.74) is 1.95. The van der Waals surface area contributed by atoms with Crippen LogP contribution in [-0.4, -0.2) is 20.4 Å². The van der Waals surface area contributed by atoms with Gasteiger partial charge in [0.25, 0.3) is 15.9 Å². The maximum Gasteiger partial charge on any atom is 0.333 e. The molecule has 1 heterocycles. The molecule has 11 heteroatoms. The molecule has 0 aliphatic rings. The third-order valence-corrected chi connectivity index (χ3v) is 7.15.